The molecule has 2 amide bonds. The number of carbonyl (C=O) groups excluding carboxylic acids is 1. The van der Waals surface area contributed by atoms with Crippen LogP contribution >= 0.6 is 0 Å². The minimum atomic E-state index is -0.925. The number of pyridine rings is 1. The minimum absolute atomic E-state index is 0.386. The number of urea groups is 1. The maximum Gasteiger partial charge on any atom is 0.491 e. The van der Waals surface area contributed by atoms with Crippen LogP contribution < -0.4 is 16.1 Å². The van der Waals surface area contributed by atoms with Gasteiger partial charge in [-0.3, -0.25) is 5.32 Å². The first-order valence-corrected chi connectivity index (χ1v) is 6.14. The van der Waals surface area contributed by atoms with Crippen molar-refractivity contribution in [3.63, 3.8) is 0 Å². The number of fused-ring (bicyclic) bond motifs is 1. The lowest BCUT2D eigenvalue weighted by Crippen LogP contribution is -2.29. The highest BCUT2D eigenvalue weighted by molar-refractivity contribution is 6.61. The van der Waals surface area contributed by atoms with Gasteiger partial charge in [0.2, 0.25) is 0 Å². The first kappa shape index (κ1) is 12.6. The summed E-state index contributed by atoms with van der Waals surface area (Å²) in [4.78, 5) is 15.8. The summed E-state index contributed by atoms with van der Waals surface area (Å²) < 4.78 is 5.10. The Balaban J connectivity index is 1.69. The molecule has 1 aliphatic heterocycles. The zero-order chi connectivity index (χ0) is 13.9. The van der Waals surface area contributed by atoms with Gasteiger partial charge in [-0.15, -0.1) is 0 Å². The molecule has 7 heteroatoms. The first-order valence-electron chi connectivity index (χ1n) is 6.14. The Morgan fingerprint density at radius 1 is 1.30 bits per heavy atom. The molecule has 1 aromatic carbocycles. The molecule has 0 saturated carbocycles. The van der Waals surface area contributed by atoms with Crippen molar-refractivity contribution in [2.24, 2.45) is 0 Å². The molecule has 3 N–H and O–H groups in total. The molecule has 1 aliphatic rings. The Kier molecular flexibility index (Phi) is 3.36. The van der Waals surface area contributed by atoms with E-state index in [4.69, 9.17) is 4.65 Å². The normalized spacial score (nSPS) is 12.9. The third-order valence-electron chi connectivity index (χ3n) is 2.97. The maximum absolute atomic E-state index is 11.8. The Bertz CT molecular complexity index is 636. The molecule has 0 atom stereocenters. The number of anilines is 2. The van der Waals surface area contributed by atoms with Crippen LogP contribution in [0.3, 0.4) is 0 Å². The van der Waals surface area contributed by atoms with E-state index in [2.05, 4.69) is 15.6 Å². The Morgan fingerprint density at radius 3 is 3.00 bits per heavy atom. The number of nitrogens with zero attached hydrogens (tertiary/aromatic N) is 1. The van der Waals surface area contributed by atoms with Gasteiger partial charge in [0.1, 0.15) is 5.82 Å². The molecule has 1 aromatic heterocycles. The molecular weight excluding hydrogens is 257 g/mol. The summed E-state index contributed by atoms with van der Waals surface area (Å²) in [6.07, 6.45) is 1.60. The summed E-state index contributed by atoms with van der Waals surface area (Å²) in [5.41, 5.74) is 2.19. The Labute approximate surface area is 115 Å². The van der Waals surface area contributed by atoms with Crippen LogP contribution in [-0.4, -0.2) is 23.2 Å². The standard InChI is InChI=1S/C13H12BN3O3/c18-13(17-12-3-1-2-6-15-12)16-10-5-4-9-8-20-14(19)11(9)7-10/h1-7,19H,8H2,(H2,15,16,17,18). The molecule has 0 saturated heterocycles. The van der Waals surface area contributed by atoms with Crippen LogP contribution in [0.5, 0.6) is 0 Å². The first-order chi connectivity index (χ1) is 9.72. The van der Waals surface area contributed by atoms with Crippen molar-refractivity contribution in [1.29, 1.82) is 0 Å². The van der Waals surface area contributed by atoms with Gasteiger partial charge < -0.3 is 15.0 Å². The van der Waals surface area contributed by atoms with Gasteiger partial charge >= 0.3 is 13.1 Å². The van der Waals surface area contributed by atoms with Gasteiger partial charge in [0.15, 0.2) is 0 Å². The Hall–Kier alpha value is -2.38. The van der Waals surface area contributed by atoms with Crippen LogP contribution in [0.1, 0.15) is 5.56 Å². The number of nitrogens with one attached hydrogen (secondary N) is 2. The number of hydrogen-bond donors (Lipinski definition) is 3. The van der Waals surface area contributed by atoms with E-state index in [0.29, 0.717) is 23.6 Å². The maximum atomic E-state index is 11.8. The van der Waals surface area contributed by atoms with Gasteiger partial charge in [0.25, 0.3) is 0 Å². The largest absolute Gasteiger partial charge is 0.491 e. The average Bonchev–Trinajstić information content (AvgIpc) is 2.81. The zero-order valence-corrected chi connectivity index (χ0v) is 10.5. The van der Waals surface area contributed by atoms with E-state index in [1.54, 1.807) is 36.5 Å². The van der Waals surface area contributed by atoms with Crippen LogP contribution in [0.2, 0.25) is 0 Å². The Morgan fingerprint density at radius 2 is 2.20 bits per heavy atom. The van der Waals surface area contributed by atoms with Crippen molar-refractivity contribution < 1.29 is 14.5 Å². The quantitative estimate of drug-likeness (QED) is 0.708. The number of aromatic nitrogens is 1. The van der Waals surface area contributed by atoms with Crippen molar-refractivity contribution in [1.82, 2.24) is 4.98 Å². The smallest absolute Gasteiger partial charge is 0.423 e. The number of benzene rings is 1. The van der Waals surface area contributed by atoms with E-state index in [0.717, 1.165) is 5.56 Å². The average molecular weight is 269 g/mol. The van der Waals surface area contributed by atoms with Gasteiger partial charge in [-0.25, -0.2) is 9.78 Å². The van der Waals surface area contributed by atoms with Gasteiger partial charge in [-0.2, -0.15) is 0 Å². The molecule has 0 bridgehead atoms. The lowest BCUT2D eigenvalue weighted by Gasteiger charge is -2.08. The van der Waals surface area contributed by atoms with Gasteiger partial charge in [0, 0.05) is 11.9 Å². The van der Waals surface area contributed by atoms with Crippen LogP contribution in [-0.2, 0) is 11.3 Å². The van der Waals surface area contributed by atoms with Crippen molar-refractivity contribution in [3.05, 3.63) is 48.2 Å². The van der Waals surface area contributed by atoms with E-state index in [-0.39, 0.29) is 0 Å². The van der Waals surface area contributed by atoms with Crippen LogP contribution in [0.15, 0.2) is 42.6 Å². The van der Waals surface area contributed by atoms with E-state index in [1.165, 1.54) is 0 Å². The summed E-state index contributed by atoms with van der Waals surface area (Å²) in [7, 11) is -0.925. The molecular formula is C13H12BN3O3. The number of hydrogen-bond acceptors (Lipinski definition) is 4. The number of amides is 2. The fourth-order valence-corrected chi connectivity index (χ4v) is 2.01. The predicted molar refractivity (Wildman–Crippen MR) is 75.7 cm³/mol. The van der Waals surface area contributed by atoms with E-state index in [9.17, 15) is 9.82 Å². The molecule has 0 aliphatic carbocycles. The molecule has 0 spiro atoms. The van der Waals surface area contributed by atoms with E-state index < -0.39 is 13.1 Å². The number of carbonyl (C=O) groups is 1. The number of rotatable bonds is 2. The fraction of sp³-hybridized carbons (Fsp3) is 0.0769. The second kappa shape index (κ2) is 5.32. The zero-order valence-electron chi connectivity index (χ0n) is 10.5. The molecule has 0 unspecified atom stereocenters. The summed E-state index contributed by atoms with van der Waals surface area (Å²) >= 11 is 0. The summed E-state index contributed by atoms with van der Waals surface area (Å²) in [6, 6.07) is 10.1. The minimum Gasteiger partial charge on any atom is -0.423 e. The summed E-state index contributed by atoms with van der Waals surface area (Å²) in [6.45, 7) is 0.386. The van der Waals surface area contributed by atoms with Crippen LogP contribution in [0, 0.1) is 0 Å². The molecule has 20 heavy (non-hydrogen) atoms. The third-order valence-corrected chi connectivity index (χ3v) is 2.97. The molecule has 0 fully saturated rings. The van der Waals surface area contributed by atoms with Gasteiger partial charge in [-0.05, 0) is 35.3 Å². The third kappa shape index (κ3) is 2.63. The van der Waals surface area contributed by atoms with Crippen molar-refractivity contribution in [2.75, 3.05) is 10.6 Å². The molecule has 3 rings (SSSR count). The highest BCUT2D eigenvalue weighted by Gasteiger charge is 2.27. The second-order valence-corrected chi connectivity index (χ2v) is 4.37. The monoisotopic (exact) mass is 269 g/mol. The lowest BCUT2D eigenvalue weighted by molar-refractivity contribution is 0.262. The van der Waals surface area contributed by atoms with Gasteiger partial charge in [-0.1, -0.05) is 12.1 Å². The molecule has 6 nitrogen and oxygen atoms in total. The molecule has 2 heterocycles. The highest BCUT2D eigenvalue weighted by atomic mass is 16.5. The fourth-order valence-electron chi connectivity index (χ4n) is 2.01. The lowest BCUT2D eigenvalue weighted by atomic mass is 9.79. The summed E-state index contributed by atoms with van der Waals surface area (Å²) in [5.74, 6) is 0.467. The SMILES string of the molecule is O=C(Nc1ccc2c(c1)B(O)OC2)Nc1ccccn1. The molecule has 100 valence electrons. The second-order valence-electron chi connectivity index (χ2n) is 4.37. The highest BCUT2D eigenvalue weighted by Crippen LogP contribution is 2.14. The van der Waals surface area contributed by atoms with Crippen molar-refractivity contribution >= 4 is 30.1 Å². The van der Waals surface area contributed by atoms with Crippen molar-refractivity contribution in [2.45, 2.75) is 6.61 Å². The van der Waals surface area contributed by atoms with Crippen LogP contribution in [0.4, 0.5) is 16.3 Å². The van der Waals surface area contributed by atoms with Crippen molar-refractivity contribution in [3.8, 4) is 0 Å². The van der Waals surface area contributed by atoms with E-state index in [1.807, 2.05) is 6.07 Å². The summed E-state index contributed by atoms with van der Waals surface area (Å²) in [5, 5.41) is 14.9. The van der Waals surface area contributed by atoms with Crippen LogP contribution in [0.25, 0.3) is 0 Å². The predicted octanol–water partition coefficient (Wildman–Crippen LogP) is 0.943. The topological polar surface area (TPSA) is 83.5 Å². The van der Waals surface area contributed by atoms with E-state index >= 15 is 0 Å². The van der Waals surface area contributed by atoms with Gasteiger partial charge in [0.05, 0.1) is 6.61 Å². The molecule has 0 radical (unpaired) electrons. The molecule has 2 aromatic rings.